The zero-order valence-corrected chi connectivity index (χ0v) is 6.16. The van der Waals surface area contributed by atoms with Crippen molar-refractivity contribution < 1.29 is 4.79 Å². The maximum atomic E-state index is 9.76. The summed E-state index contributed by atoms with van der Waals surface area (Å²) in [5.74, 6) is 0. The van der Waals surface area contributed by atoms with Crippen molar-refractivity contribution >= 4 is 6.29 Å². The molecular weight excluding hydrogens is 124 g/mol. The van der Waals surface area contributed by atoms with Crippen LogP contribution in [0, 0.1) is 0 Å². The van der Waals surface area contributed by atoms with Crippen molar-refractivity contribution in [2.75, 3.05) is 0 Å². The lowest BCUT2D eigenvalue weighted by Gasteiger charge is -1.75. The summed E-state index contributed by atoms with van der Waals surface area (Å²) in [4.78, 5) is 9.76. The van der Waals surface area contributed by atoms with Gasteiger partial charge in [-0.3, -0.25) is 4.79 Å². The van der Waals surface area contributed by atoms with Gasteiger partial charge in [-0.05, 0) is 19.4 Å². The molecule has 0 saturated carbocycles. The van der Waals surface area contributed by atoms with E-state index >= 15 is 0 Å². The fourth-order valence-electron chi connectivity index (χ4n) is 0.481. The standard InChI is InChI=1S/C9H12O/c1-2-3-4-5-6-7-8-9-10/h2-3,5-9H,4H2,1H3/b3-2-,6-5+,8-7+. The fraction of sp³-hybridized carbons (Fsp3) is 0.222. The van der Waals surface area contributed by atoms with Crippen LogP contribution in [0.2, 0.25) is 0 Å². The van der Waals surface area contributed by atoms with Crippen LogP contribution in [0.15, 0.2) is 36.5 Å². The van der Waals surface area contributed by atoms with Gasteiger partial charge in [0.15, 0.2) is 0 Å². The zero-order chi connectivity index (χ0) is 7.66. The Balaban J connectivity index is 3.37. The van der Waals surface area contributed by atoms with E-state index in [4.69, 9.17) is 0 Å². The molecule has 0 aromatic heterocycles. The first-order valence-electron chi connectivity index (χ1n) is 3.30. The van der Waals surface area contributed by atoms with Gasteiger partial charge >= 0.3 is 0 Å². The Hall–Kier alpha value is -1.11. The number of hydrogen-bond acceptors (Lipinski definition) is 1. The molecule has 0 atom stereocenters. The van der Waals surface area contributed by atoms with Crippen molar-refractivity contribution in [3.63, 3.8) is 0 Å². The normalized spacial score (nSPS) is 12.1. The van der Waals surface area contributed by atoms with E-state index in [2.05, 4.69) is 0 Å². The quantitative estimate of drug-likeness (QED) is 0.251. The van der Waals surface area contributed by atoms with Crippen LogP contribution in [0.3, 0.4) is 0 Å². The Labute approximate surface area is 61.8 Å². The van der Waals surface area contributed by atoms with Crippen molar-refractivity contribution in [2.24, 2.45) is 0 Å². The highest BCUT2D eigenvalue weighted by Crippen LogP contribution is 1.85. The number of rotatable bonds is 4. The van der Waals surface area contributed by atoms with Gasteiger partial charge in [-0.25, -0.2) is 0 Å². The van der Waals surface area contributed by atoms with Gasteiger partial charge in [0.05, 0.1) is 0 Å². The molecule has 0 rings (SSSR count). The van der Waals surface area contributed by atoms with Crippen LogP contribution in [0.5, 0.6) is 0 Å². The highest BCUT2D eigenvalue weighted by atomic mass is 16.1. The van der Waals surface area contributed by atoms with Crippen molar-refractivity contribution in [1.29, 1.82) is 0 Å². The van der Waals surface area contributed by atoms with Crippen LogP contribution in [0.4, 0.5) is 0 Å². The Bertz CT molecular complexity index is 152. The molecule has 0 radical (unpaired) electrons. The third kappa shape index (κ3) is 6.89. The highest BCUT2D eigenvalue weighted by molar-refractivity contribution is 5.65. The molecule has 0 aliphatic carbocycles. The minimum atomic E-state index is 0.764. The molecule has 0 aliphatic rings. The summed E-state index contributed by atoms with van der Waals surface area (Å²) in [6.07, 6.45) is 12.8. The number of allylic oxidation sites excluding steroid dienone is 6. The molecule has 54 valence electrons. The number of carbonyl (C=O) groups is 1. The summed E-state index contributed by atoms with van der Waals surface area (Å²) in [5, 5.41) is 0. The number of aldehydes is 1. The Morgan fingerprint density at radius 3 is 2.50 bits per heavy atom. The Kier molecular flexibility index (Phi) is 7.01. The predicted octanol–water partition coefficient (Wildman–Crippen LogP) is 2.26. The summed E-state index contributed by atoms with van der Waals surface area (Å²) < 4.78 is 0. The van der Waals surface area contributed by atoms with E-state index in [1.54, 1.807) is 6.08 Å². The largest absolute Gasteiger partial charge is 0.299 e. The van der Waals surface area contributed by atoms with Crippen LogP contribution in [0.1, 0.15) is 13.3 Å². The van der Waals surface area contributed by atoms with E-state index in [-0.39, 0.29) is 0 Å². The van der Waals surface area contributed by atoms with Gasteiger partial charge in [0.25, 0.3) is 0 Å². The van der Waals surface area contributed by atoms with Crippen molar-refractivity contribution in [1.82, 2.24) is 0 Å². The van der Waals surface area contributed by atoms with E-state index in [0.29, 0.717) is 0 Å². The molecule has 0 spiro atoms. The molecule has 0 bridgehead atoms. The first kappa shape index (κ1) is 8.89. The van der Waals surface area contributed by atoms with E-state index in [1.807, 2.05) is 31.2 Å². The average molecular weight is 136 g/mol. The maximum Gasteiger partial charge on any atom is 0.142 e. The molecule has 0 aliphatic heterocycles. The van der Waals surface area contributed by atoms with Crippen LogP contribution in [-0.4, -0.2) is 6.29 Å². The molecule has 0 aromatic carbocycles. The predicted molar refractivity (Wildman–Crippen MR) is 43.8 cm³/mol. The lowest BCUT2D eigenvalue weighted by atomic mass is 10.3. The molecule has 1 heteroatoms. The molecule has 10 heavy (non-hydrogen) atoms. The highest BCUT2D eigenvalue weighted by Gasteiger charge is 1.65. The third-order valence-electron chi connectivity index (χ3n) is 0.945. The van der Waals surface area contributed by atoms with Gasteiger partial charge in [0.1, 0.15) is 6.29 Å². The molecule has 0 N–H and O–H groups in total. The maximum absolute atomic E-state index is 9.76. The van der Waals surface area contributed by atoms with Gasteiger partial charge < -0.3 is 0 Å². The SMILES string of the molecule is C/C=C\C/C=C/C=C/C=O. The molecule has 0 saturated heterocycles. The lowest BCUT2D eigenvalue weighted by Crippen LogP contribution is -1.58. The van der Waals surface area contributed by atoms with Gasteiger partial charge in [-0.1, -0.05) is 30.4 Å². The van der Waals surface area contributed by atoms with E-state index in [1.165, 1.54) is 6.08 Å². The smallest absolute Gasteiger partial charge is 0.142 e. The third-order valence-corrected chi connectivity index (χ3v) is 0.945. The summed E-state index contributed by atoms with van der Waals surface area (Å²) in [6.45, 7) is 1.98. The van der Waals surface area contributed by atoms with E-state index < -0.39 is 0 Å². The number of hydrogen-bond donors (Lipinski definition) is 0. The van der Waals surface area contributed by atoms with E-state index in [0.717, 1.165) is 12.7 Å². The topological polar surface area (TPSA) is 17.1 Å². The number of carbonyl (C=O) groups excluding carboxylic acids is 1. The van der Waals surface area contributed by atoms with Crippen molar-refractivity contribution in [3.8, 4) is 0 Å². The Morgan fingerprint density at radius 1 is 1.10 bits per heavy atom. The minimum absolute atomic E-state index is 0.764. The fourth-order valence-corrected chi connectivity index (χ4v) is 0.481. The molecule has 1 nitrogen and oxygen atoms in total. The van der Waals surface area contributed by atoms with Crippen molar-refractivity contribution in [2.45, 2.75) is 13.3 Å². The molecular formula is C9H12O. The van der Waals surface area contributed by atoms with Gasteiger partial charge in [-0.2, -0.15) is 0 Å². The summed E-state index contributed by atoms with van der Waals surface area (Å²) in [5.41, 5.74) is 0. The van der Waals surface area contributed by atoms with Crippen LogP contribution < -0.4 is 0 Å². The second-order valence-electron chi connectivity index (χ2n) is 1.75. The molecule has 0 unspecified atom stereocenters. The van der Waals surface area contributed by atoms with E-state index in [9.17, 15) is 4.79 Å². The van der Waals surface area contributed by atoms with Crippen LogP contribution in [-0.2, 0) is 4.79 Å². The average Bonchev–Trinajstić information content (AvgIpc) is 1.97. The monoisotopic (exact) mass is 136 g/mol. The second kappa shape index (κ2) is 7.89. The van der Waals surface area contributed by atoms with Gasteiger partial charge in [-0.15, -0.1) is 0 Å². The molecule has 0 aromatic rings. The zero-order valence-electron chi connectivity index (χ0n) is 6.16. The first-order valence-corrected chi connectivity index (χ1v) is 3.30. The van der Waals surface area contributed by atoms with Crippen LogP contribution in [0.25, 0.3) is 0 Å². The second-order valence-corrected chi connectivity index (χ2v) is 1.75. The molecule has 0 heterocycles. The summed E-state index contributed by atoms with van der Waals surface area (Å²) >= 11 is 0. The van der Waals surface area contributed by atoms with Gasteiger partial charge in [0.2, 0.25) is 0 Å². The lowest BCUT2D eigenvalue weighted by molar-refractivity contribution is -0.104. The van der Waals surface area contributed by atoms with Gasteiger partial charge in [0, 0.05) is 0 Å². The summed E-state index contributed by atoms with van der Waals surface area (Å²) in [7, 11) is 0. The molecule has 0 fully saturated rings. The summed E-state index contributed by atoms with van der Waals surface area (Å²) in [6, 6.07) is 0. The Morgan fingerprint density at radius 2 is 1.90 bits per heavy atom. The van der Waals surface area contributed by atoms with Crippen molar-refractivity contribution in [3.05, 3.63) is 36.5 Å². The molecule has 0 amide bonds. The van der Waals surface area contributed by atoms with Crippen LogP contribution >= 0.6 is 0 Å². The first-order chi connectivity index (χ1) is 4.91. The minimum Gasteiger partial charge on any atom is -0.299 e.